The molecule has 7 heteroatoms. The van der Waals surface area contributed by atoms with Gasteiger partial charge in [-0.3, -0.25) is 4.79 Å². The summed E-state index contributed by atoms with van der Waals surface area (Å²) in [6, 6.07) is 3.08. The molecule has 0 unspecified atom stereocenters. The number of nitrogens with zero attached hydrogens (tertiary/aromatic N) is 2. The van der Waals surface area contributed by atoms with Crippen molar-refractivity contribution in [3.8, 4) is 0 Å². The average molecular weight is 286 g/mol. The van der Waals surface area contributed by atoms with Gasteiger partial charge in [-0.1, -0.05) is 18.5 Å². The second-order valence-electron chi connectivity index (χ2n) is 3.90. The highest BCUT2D eigenvalue weighted by Gasteiger charge is 2.16. The van der Waals surface area contributed by atoms with E-state index in [0.29, 0.717) is 12.4 Å². The SMILES string of the molecule is CCCN(CC(=O)NC)c1ccc(Cl)c(C(=O)O)n1. The molecule has 2 N–H and O–H groups in total. The number of pyridine rings is 1. The number of nitrogens with one attached hydrogen (secondary N) is 1. The van der Waals surface area contributed by atoms with Crippen LogP contribution in [0.5, 0.6) is 0 Å². The molecule has 0 aromatic carbocycles. The van der Waals surface area contributed by atoms with Gasteiger partial charge < -0.3 is 15.3 Å². The average Bonchev–Trinajstić information content (AvgIpc) is 2.38. The van der Waals surface area contributed by atoms with Crippen molar-refractivity contribution in [3.05, 3.63) is 22.8 Å². The zero-order valence-electron chi connectivity index (χ0n) is 10.8. The van der Waals surface area contributed by atoms with Crippen molar-refractivity contribution in [3.63, 3.8) is 0 Å². The molecule has 0 saturated carbocycles. The van der Waals surface area contributed by atoms with Gasteiger partial charge in [-0.25, -0.2) is 9.78 Å². The molecule has 104 valence electrons. The molecule has 0 bridgehead atoms. The standard InChI is InChI=1S/C12H16ClN3O3/c1-3-6-16(7-10(17)14-2)9-5-4-8(13)11(15-9)12(18)19/h4-5H,3,6-7H2,1-2H3,(H,14,17)(H,18,19). The van der Waals surface area contributed by atoms with E-state index in [1.54, 1.807) is 18.0 Å². The maximum atomic E-state index is 11.4. The van der Waals surface area contributed by atoms with Crippen molar-refractivity contribution in [1.82, 2.24) is 10.3 Å². The number of aromatic nitrogens is 1. The van der Waals surface area contributed by atoms with Gasteiger partial charge in [0.25, 0.3) is 0 Å². The molecule has 0 aliphatic rings. The quantitative estimate of drug-likeness (QED) is 0.825. The Labute approximate surface area is 116 Å². The van der Waals surface area contributed by atoms with E-state index in [1.807, 2.05) is 6.92 Å². The summed E-state index contributed by atoms with van der Waals surface area (Å²) in [6.45, 7) is 2.68. The number of rotatable bonds is 6. The minimum absolute atomic E-state index is 0.0765. The zero-order valence-corrected chi connectivity index (χ0v) is 11.6. The minimum atomic E-state index is -1.19. The number of anilines is 1. The van der Waals surface area contributed by atoms with Crippen LogP contribution in [0.15, 0.2) is 12.1 Å². The van der Waals surface area contributed by atoms with E-state index in [0.717, 1.165) is 6.42 Å². The van der Waals surface area contributed by atoms with Crippen molar-refractivity contribution >= 4 is 29.3 Å². The minimum Gasteiger partial charge on any atom is -0.476 e. The number of likely N-dealkylation sites (N-methyl/N-ethyl adjacent to an activating group) is 1. The lowest BCUT2D eigenvalue weighted by molar-refractivity contribution is -0.119. The highest BCUT2D eigenvalue weighted by atomic mass is 35.5. The molecule has 0 saturated heterocycles. The molecule has 0 aliphatic carbocycles. The largest absolute Gasteiger partial charge is 0.476 e. The molecular weight excluding hydrogens is 270 g/mol. The highest BCUT2D eigenvalue weighted by molar-refractivity contribution is 6.33. The fraction of sp³-hybridized carbons (Fsp3) is 0.417. The van der Waals surface area contributed by atoms with Crippen molar-refractivity contribution < 1.29 is 14.7 Å². The Morgan fingerprint density at radius 3 is 2.68 bits per heavy atom. The van der Waals surface area contributed by atoms with E-state index in [-0.39, 0.29) is 23.2 Å². The third kappa shape index (κ3) is 4.10. The van der Waals surface area contributed by atoms with Gasteiger partial charge in [0.15, 0.2) is 5.69 Å². The zero-order chi connectivity index (χ0) is 14.4. The first-order valence-electron chi connectivity index (χ1n) is 5.85. The Hall–Kier alpha value is -1.82. The van der Waals surface area contributed by atoms with Crippen molar-refractivity contribution in [1.29, 1.82) is 0 Å². The Kier molecular flexibility index (Phi) is 5.57. The van der Waals surface area contributed by atoms with E-state index < -0.39 is 5.97 Å². The molecule has 1 rings (SSSR count). The van der Waals surface area contributed by atoms with Gasteiger partial charge in [-0.15, -0.1) is 0 Å². The summed E-state index contributed by atoms with van der Waals surface area (Å²) in [5.74, 6) is -0.933. The van der Waals surface area contributed by atoms with Crippen LogP contribution in [0, 0.1) is 0 Å². The molecule has 0 aliphatic heterocycles. The van der Waals surface area contributed by atoms with Crippen LogP contribution in [-0.4, -0.2) is 42.1 Å². The van der Waals surface area contributed by atoms with Gasteiger partial charge in [-0.05, 0) is 18.6 Å². The summed E-state index contributed by atoms with van der Waals surface area (Å²) < 4.78 is 0. The van der Waals surface area contributed by atoms with Gasteiger partial charge in [0.2, 0.25) is 5.91 Å². The molecule has 1 heterocycles. The van der Waals surface area contributed by atoms with Crippen LogP contribution in [0.4, 0.5) is 5.82 Å². The molecule has 0 fully saturated rings. The summed E-state index contributed by atoms with van der Waals surface area (Å²) in [6.07, 6.45) is 0.809. The van der Waals surface area contributed by atoms with E-state index >= 15 is 0 Å². The summed E-state index contributed by atoms with van der Waals surface area (Å²) in [7, 11) is 1.55. The topological polar surface area (TPSA) is 82.5 Å². The maximum Gasteiger partial charge on any atom is 0.356 e. The number of halogens is 1. The first kappa shape index (κ1) is 15.2. The van der Waals surface area contributed by atoms with E-state index in [1.165, 1.54) is 6.07 Å². The van der Waals surface area contributed by atoms with Gasteiger partial charge >= 0.3 is 5.97 Å². The van der Waals surface area contributed by atoms with Crippen LogP contribution in [0.25, 0.3) is 0 Å². The van der Waals surface area contributed by atoms with E-state index in [9.17, 15) is 9.59 Å². The van der Waals surface area contributed by atoms with Crippen LogP contribution >= 0.6 is 11.6 Å². The van der Waals surface area contributed by atoms with Crippen molar-refractivity contribution in [2.75, 3.05) is 25.0 Å². The van der Waals surface area contributed by atoms with Crippen LogP contribution in [0.2, 0.25) is 5.02 Å². The van der Waals surface area contributed by atoms with E-state index in [2.05, 4.69) is 10.3 Å². The van der Waals surface area contributed by atoms with E-state index in [4.69, 9.17) is 16.7 Å². The number of hydrogen-bond donors (Lipinski definition) is 2. The maximum absolute atomic E-state index is 11.4. The predicted octanol–water partition coefficient (Wildman–Crippen LogP) is 1.40. The van der Waals surface area contributed by atoms with Gasteiger partial charge in [-0.2, -0.15) is 0 Å². The second kappa shape index (κ2) is 6.94. The fourth-order valence-corrected chi connectivity index (χ4v) is 1.74. The molecule has 1 aromatic rings. The number of aromatic carboxylic acids is 1. The molecule has 1 aromatic heterocycles. The molecule has 0 atom stereocenters. The monoisotopic (exact) mass is 285 g/mol. The number of carbonyl (C=O) groups is 2. The molecular formula is C12H16ClN3O3. The summed E-state index contributed by atoms with van der Waals surface area (Å²) in [4.78, 5) is 28.1. The van der Waals surface area contributed by atoms with Gasteiger partial charge in [0, 0.05) is 13.6 Å². The Bertz CT molecular complexity index is 479. The number of amides is 1. The van der Waals surface area contributed by atoms with Crippen molar-refractivity contribution in [2.45, 2.75) is 13.3 Å². The Balaban J connectivity index is 3.05. The van der Waals surface area contributed by atoms with Crippen LogP contribution < -0.4 is 10.2 Å². The molecule has 19 heavy (non-hydrogen) atoms. The third-order valence-electron chi connectivity index (χ3n) is 2.46. The summed E-state index contributed by atoms with van der Waals surface area (Å²) in [5.41, 5.74) is -0.211. The number of carbonyl (C=O) groups excluding carboxylic acids is 1. The van der Waals surface area contributed by atoms with Gasteiger partial charge in [0.05, 0.1) is 11.6 Å². The molecule has 0 radical (unpaired) electrons. The molecule has 0 spiro atoms. The lowest BCUT2D eigenvalue weighted by Crippen LogP contribution is -2.36. The lowest BCUT2D eigenvalue weighted by atomic mass is 10.3. The normalized spacial score (nSPS) is 10.1. The van der Waals surface area contributed by atoms with Crippen LogP contribution in [0.3, 0.4) is 0 Å². The summed E-state index contributed by atoms with van der Waals surface area (Å²) in [5, 5.41) is 11.6. The third-order valence-corrected chi connectivity index (χ3v) is 2.77. The Morgan fingerprint density at radius 1 is 1.47 bits per heavy atom. The first-order valence-corrected chi connectivity index (χ1v) is 6.22. The van der Waals surface area contributed by atoms with Crippen molar-refractivity contribution in [2.24, 2.45) is 0 Å². The van der Waals surface area contributed by atoms with Gasteiger partial charge in [0.1, 0.15) is 5.82 Å². The first-order chi connectivity index (χ1) is 8.99. The predicted molar refractivity (Wildman–Crippen MR) is 72.8 cm³/mol. The van der Waals surface area contributed by atoms with Crippen LogP contribution in [-0.2, 0) is 4.79 Å². The number of carboxylic acids is 1. The Morgan fingerprint density at radius 2 is 2.16 bits per heavy atom. The highest BCUT2D eigenvalue weighted by Crippen LogP contribution is 2.19. The number of carboxylic acid groups (broad SMARTS) is 1. The second-order valence-corrected chi connectivity index (χ2v) is 4.31. The lowest BCUT2D eigenvalue weighted by Gasteiger charge is -2.22. The smallest absolute Gasteiger partial charge is 0.356 e. The number of hydrogen-bond acceptors (Lipinski definition) is 4. The fourth-order valence-electron chi connectivity index (χ4n) is 1.55. The van der Waals surface area contributed by atoms with Crippen LogP contribution in [0.1, 0.15) is 23.8 Å². The molecule has 6 nitrogen and oxygen atoms in total. The molecule has 1 amide bonds. The summed E-state index contributed by atoms with van der Waals surface area (Å²) >= 11 is 5.76.